The van der Waals surface area contributed by atoms with E-state index in [1.807, 2.05) is 13.8 Å². The fourth-order valence-corrected chi connectivity index (χ4v) is 4.73. The average Bonchev–Trinajstić information content (AvgIpc) is 3.11. The zero-order valence-electron chi connectivity index (χ0n) is 15.9. The number of aryl methyl sites for hydroxylation is 2. The van der Waals surface area contributed by atoms with Crippen LogP contribution in [0, 0.1) is 13.8 Å². The lowest BCUT2D eigenvalue weighted by Gasteiger charge is -2.09. The number of carbonyl (C=O) groups is 1. The van der Waals surface area contributed by atoms with Gasteiger partial charge in [-0.2, -0.15) is 0 Å². The van der Waals surface area contributed by atoms with Crippen molar-refractivity contribution in [3.63, 3.8) is 0 Å². The molecule has 0 spiro atoms. The topological polar surface area (TPSA) is 88.2 Å². The zero-order valence-corrected chi connectivity index (χ0v) is 18.3. The molecule has 0 atom stereocenters. The van der Waals surface area contributed by atoms with Gasteiger partial charge in [-0.05, 0) is 50.1 Å². The van der Waals surface area contributed by atoms with E-state index in [0.29, 0.717) is 22.8 Å². The highest BCUT2D eigenvalue weighted by molar-refractivity contribution is 7.93. The van der Waals surface area contributed by atoms with Gasteiger partial charge >= 0.3 is 0 Å². The van der Waals surface area contributed by atoms with E-state index in [9.17, 15) is 13.2 Å². The van der Waals surface area contributed by atoms with E-state index in [-0.39, 0.29) is 22.4 Å². The van der Waals surface area contributed by atoms with Crippen molar-refractivity contribution in [2.45, 2.75) is 31.6 Å². The molecule has 0 saturated carbocycles. The Morgan fingerprint density at radius 2 is 1.86 bits per heavy atom. The number of carbonyl (C=O) groups excluding carboxylic acids is 1. The van der Waals surface area contributed by atoms with Crippen molar-refractivity contribution in [3.8, 4) is 0 Å². The van der Waals surface area contributed by atoms with Gasteiger partial charge in [0.15, 0.2) is 5.13 Å². The van der Waals surface area contributed by atoms with Crippen LogP contribution in [0.2, 0.25) is 5.02 Å². The molecule has 29 heavy (non-hydrogen) atoms. The summed E-state index contributed by atoms with van der Waals surface area (Å²) < 4.78 is 27.3. The second-order valence-corrected chi connectivity index (χ2v) is 9.47. The number of anilines is 2. The Morgan fingerprint density at radius 1 is 1.14 bits per heavy atom. The highest BCUT2D eigenvalue weighted by Gasteiger charge is 2.16. The van der Waals surface area contributed by atoms with Crippen molar-refractivity contribution in [3.05, 3.63) is 69.7 Å². The minimum Gasteiger partial charge on any atom is -0.326 e. The van der Waals surface area contributed by atoms with Crippen LogP contribution in [0.5, 0.6) is 0 Å². The molecule has 1 aromatic heterocycles. The summed E-state index contributed by atoms with van der Waals surface area (Å²) in [6, 6.07) is 11.9. The lowest BCUT2D eigenvalue weighted by atomic mass is 10.2. The van der Waals surface area contributed by atoms with Crippen LogP contribution in [0.1, 0.15) is 23.2 Å². The van der Waals surface area contributed by atoms with Crippen LogP contribution < -0.4 is 10.0 Å². The molecule has 0 saturated heterocycles. The fraction of sp³-hybridized carbons (Fsp3) is 0.200. The van der Waals surface area contributed by atoms with Crippen molar-refractivity contribution in [2.75, 3.05) is 10.0 Å². The Bertz CT molecular complexity index is 1130. The highest BCUT2D eigenvalue weighted by Crippen LogP contribution is 2.24. The number of hydrogen-bond acceptors (Lipinski definition) is 5. The molecule has 0 bridgehead atoms. The Morgan fingerprint density at radius 3 is 2.59 bits per heavy atom. The number of amides is 1. The predicted molar refractivity (Wildman–Crippen MR) is 117 cm³/mol. The molecule has 152 valence electrons. The molecule has 2 aromatic carbocycles. The molecule has 1 amide bonds. The first-order chi connectivity index (χ1) is 13.7. The van der Waals surface area contributed by atoms with E-state index in [2.05, 4.69) is 15.0 Å². The van der Waals surface area contributed by atoms with Crippen molar-refractivity contribution in [1.82, 2.24) is 4.98 Å². The SMILES string of the molecule is Cc1ccc(S(=O)(=O)Nc2nc(CCC(=O)Nc3cccc(Cl)c3C)cs2)cc1. The molecule has 0 radical (unpaired) electrons. The van der Waals surface area contributed by atoms with E-state index in [4.69, 9.17) is 11.6 Å². The van der Waals surface area contributed by atoms with Gasteiger partial charge in [0.2, 0.25) is 5.91 Å². The number of rotatable bonds is 7. The summed E-state index contributed by atoms with van der Waals surface area (Å²) in [4.78, 5) is 16.7. The third-order valence-electron chi connectivity index (χ3n) is 4.25. The van der Waals surface area contributed by atoms with Crippen molar-refractivity contribution in [2.24, 2.45) is 0 Å². The Hall–Kier alpha value is -2.42. The molecule has 0 unspecified atom stereocenters. The molecule has 0 fully saturated rings. The van der Waals surface area contributed by atoms with Gasteiger partial charge < -0.3 is 5.32 Å². The number of nitrogens with zero attached hydrogens (tertiary/aromatic N) is 1. The van der Waals surface area contributed by atoms with Gasteiger partial charge in [-0.1, -0.05) is 35.4 Å². The van der Waals surface area contributed by atoms with E-state index < -0.39 is 10.0 Å². The highest BCUT2D eigenvalue weighted by atomic mass is 35.5. The summed E-state index contributed by atoms with van der Waals surface area (Å²) >= 11 is 7.25. The van der Waals surface area contributed by atoms with E-state index in [1.54, 1.807) is 47.8 Å². The minimum absolute atomic E-state index is 0.162. The lowest BCUT2D eigenvalue weighted by molar-refractivity contribution is -0.116. The fourth-order valence-electron chi connectivity index (χ4n) is 2.56. The van der Waals surface area contributed by atoms with Crippen LogP contribution >= 0.6 is 22.9 Å². The first-order valence-corrected chi connectivity index (χ1v) is 11.6. The summed E-state index contributed by atoms with van der Waals surface area (Å²) in [6.45, 7) is 3.73. The Balaban J connectivity index is 1.58. The first kappa shape index (κ1) is 21.3. The Kier molecular flexibility index (Phi) is 6.56. The number of halogens is 1. The second kappa shape index (κ2) is 8.94. The van der Waals surface area contributed by atoms with E-state index >= 15 is 0 Å². The largest absolute Gasteiger partial charge is 0.326 e. The number of benzene rings is 2. The maximum Gasteiger partial charge on any atom is 0.263 e. The molecular weight excluding hydrogens is 430 g/mol. The normalized spacial score (nSPS) is 11.3. The van der Waals surface area contributed by atoms with Crippen LogP contribution in [0.4, 0.5) is 10.8 Å². The van der Waals surface area contributed by atoms with Crippen molar-refractivity contribution in [1.29, 1.82) is 0 Å². The third-order valence-corrected chi connectivity index (χ3v) is 6.95. The smallest absolute Gasteiger partial charge is 0.263 e. The number of aromatic nitrogens is 1. The summed E-state index contributed by atoms with van der Waals surface area (Å²) in [6.07, 6.45) is 0.619. The first-order valence-electron chi connectivity index (χ1n) is 8.83. The van der Waals surface area contributed by atoms with E-state index in [0.717, 1.165) is 11.1 Å². The maximum absolute atomic E-state index is 12.4. The zero-order chi connectivity index (χ0) is 21.0. The van der Waals surface area contributed by atoms with Crippen molar-refractivity contribution >= 4 is 49.7 Å². The molecule has 0 aliphatic rings. The van der Waals surface area contributed by atoms with Gasteiger partial charge in [0.05, 0.1) is 10.6 Å². The molecule has 3 rings (SSSR count). The van der Waals surface area contributed by atoms with Gasteiger partial charge in [-0.15, -0.1) is 11.3 Å². The second-order valence-electron chi connectivity index (χ2n) is 6.52. The summed E-state index contributed by atoms with van der Waals surface area (Å²) in [5, 5.41) is 5.43. The number of sulfonamides is 1. The summed E-state index contributed by atoms with van der Waals surface area (Å²) in [5.74, 6) is -0.162. The van der Waals surface area contributed by atoms with Crippen molar-refractivity contribution < 1.29 is 13.2 Å². The van der Waals surface area contributed by atoms with Crippen LogP contribution in [-0.2, 0) is 21.2 Å². The van der Waals surface area contributed by atoms with Crippen LogP contribution in [0.25, 0.3) is 0 Å². The lowest BCUT2D eigenvalue weighted by Crippen LogP contribution is -2.14. The number of thiazole rings is 1. The standard InChI is InChI=1S/C20H20ClN3O3S2/c1-13-6-9-16(10-7-13)29(26,27)24-20-22-15(12-28-20)8-11-19(25)23-18-5-3-4-17(21)14(18)2/h3-7,9-10,12H,8,11H2,1-2H3,(H,22,24)(H,23,25). The van der Waals surface area contributed by atoms with E-state index in [1.165, 1.54) is 11.3 Å². The van der Waals surface area contributed by atoms with Crippen LogP contribution in [0.3, 0.4) is 0 Å². The molecule has 2 N–H and O–H groups in total. The van der Waals surface area contributed by atoms with Gasteiger partial charge in [0.1, 0.15) is 0 Å². The average molecular weight is 450 g/mol. The molecule has 1 heterocycles. The molecule has 6 nitrogen and oxygen atoms in total. The predicted octanol–water partition coefficient (Wildman–Crippen LogP) is 4.79. The van der Waals surface area contributed by atoms with Gasteiger partial charge in [-0.25, -0.2) is 13.4 Å². The Labute approximate surface area is 179 Å². The third kappa shape index (κ3) is 5.56. The van der Waals surface area contributed by atoms with Crippen LogP contribution in [-0.4, -0.2) is 19.3 Å². The monoisotopic (exact) mass is 449 g/mol. The molecular formula is C20H20ClN3O3S2. The summed E-state index contributed by atoms with van der Waals surface area (Å²) in [5.41, 5.74) is 3.11. The molecule has 0 aliphatic carbocycles. The molecule has 3 aromatic rings. The van der Waals surface area contributed by atoms with Gasteiger partial charge in [0, 0.05) is 22.5 Å². The maximum atomic E-state index is 12.4. The quantitative estimate of drug-likeness (QED) is 0.543. The van der Waals surface area contributed by atoms with Gasteiger partial charge in [-0.3, -0.25) is 9.52 Å². The number of hydrogen-bond donors (Lipinski definition) is 2. The van der Waals surface area contributed by atoms with Crippen LogP contribution in [0.15, 0.2) is 52.7 Å². The summed E-state index contributed by atoms with van der Waals surface area (Å²) in [7, 11) is -3.69. The molecule has 0 aliphatic heterocycles. The number of nitrogens with one attached hydrogen (secondary N) is 2. The van der Waals surface area contributed by atoms with Gasteiger partial charge in [0.25, 0.3) is 10.0 Å². The molecule has 9 heteroatoms. The minimum atomic E-state index is -3.69.